The molecule has 0 saturated heterocycles. The summed E-state index contributed by atoms with van der Waals surface area (Å²) in [5.74, 6) is 0.229. The predicted molar refractivity (Wildman–Crippen MR) is 126 cm³/mol. The molecule has 0 fully saturated rings. The molecule has 1 aliphatic rings. The van der Waals surface area contributed by atoms with Crippen molar-refractivity contribution in [1.82, 2.24) is 20.1 Å². The summed E-state index contributed by atoms with van der Waals surface area (Å²) < 4.78 is 7.44. The van der Waals surface area contributed by atoms with E-state index in [0.29, 0.717) is 24.2 Å². The van der Waals surface area contributed by atoms with Gasteiger partial charge in [-0.05, 0) is 35.4 Å². The van der Waals surface area contributed by atoms with Gasteiger partial charge in [0.15, 0.2) is 6.10 Å². The summed E-state index contributed by atoms with van der Waals surface area (Å²) >= 11 is 0. The Morgan fingerprint density at radius 2 is 1.85 bits per heavy atom. The summed E-state index contributed by atoms with van der Waals surface area (Å²) in [5, 5.41) is 10.1. The molecule has 34 heavy (non-hydrogen) atoms. The van der Waals surface area contributed by atoms with E-state index in [-0.39, 0.29) is 17.9 Å². The predicted octanol–water partition coefficient (Wildman–Crippen LogP) is 3.39. The van der Waals surface area contributed by atoms with Crippen LogP contribution in [0.3, 0.4) is 0 Å². The summed E-state index contributed by atoms with van der Waals surface area (Å²) in [5.41, 5.74) is 2.93. The van der Waals surface area contributed by atoms with Crippen molar-refractivity contribution in [2.24, 2.45) is 0 Å². The van der Waals surface area contributed by atoms with Crippen molar-refractivity contribution in [3.63, 3.8) is 0 Å². The molecule has 0 aliphatic carbocycles. The van der Waals surface area contributed by atoms with Gasteiger partial charge in [0.1, 0.15) is 18.4 Å². The summed E-state index contributed by atoms with van der Waals surface area (Å²) in [6.07, 6.45) is 2.99. The zero-order valence-corrected chi connectivity index (χ0v) is 18.3. The van der Waals surface area contributed by atoms with Crippen LogP contribution in [0.4, 0.5) is 5.69 Å². The van der Waals surface area contributed by atoms with Crippen molar-refractivity contribution in [3.8, 4) is 5.75 Å². The van der Waals surface area contributed by atoms with Crippen molar-refractivity contribution in [3.05, 3.63) is 108 Å². The highest BCUT2D eigenvalue weighted by Crippen LogP contribution is 2.28. The average Bonchev–Trinajstić information content (AvgIpc) is 3.54. The number of nitrogens with zero attached hydrogens (tertiary/aromatic N) is 3. The Morgan fingerprint density at radius 1 is 1.03 bits per heavy atom. The Hall–Kier alpha value is -4.46. The standard InChI is InChI=1S/C26H23N5O3/c32-25(30-22(15-31-17-27-16-28-31)18-7-2-1-3-8-18)20-10-6-11-21(13-20)29-26(33)24-14-19-9-4-5-12-23(19)34-24/h1-13,16-17,22,24H,14-15H2,(H,29,33)(H,30,32). The lowest BCUT2D eigenvalue weighted by atomic mass is 10.1. The van der Waals surface area contributed by atoms with E-state index in [1.165, 1.54) is 6.33 Å². The van der Waals surface area contributed by atoms with Gasteiger partial charge in [-0.2, -0.15) is 5.10 Å². The molecule has 4 aromatic rings. The van der Waals surface area contributed by atoms with E-state index in [1.807, 2.05) is 54.6 Å². The molecule has 2 N–H and O–H groups in total. The van der Waals surface area contributed by atoms with Crippen molar-refractivity contribution in [2.75, 3.05) is 5.32 Å². The molecule has 0 radical (unpaired) electrons. The Morgan fingerprint density at radius 3 is 2.65 bits per heavy atom. The topological polar surface area (TPSA) is 98.1 Å². The second-order valence-electron chi connectivity index (χ2n) is 8.04. The van der Waals surface area contributed by atoms with E-state index in [0.717, 1.165) is 16.9 Å². The van der Waals surface area contributed by atoms with Crippen LogP contribution in [0.5, 0.6) is 5.75 Å². The third kappa shape index (κ3) is 4.80. The van der Waals surface area contributed by atoms with Crippen LogP contribution in [0.25, 0.3) is 0 Å². The molecule has 1 aliphatic heterocycles. The molecule has 2 atom stereocenters. The second kappa shape index (κ2) is 9.58. The maximum absolute atomic E-state index is 13.1. The van der Waals surface area contributed by atoms with Crippen molar-refractivity contribution >= 4 is 17.5 Å². The highest BCUT2D eigenvalue weighted by molar-refractivity contribution is 5.98. The van der Waals surface area contributed by atoms with Gasteiger partial charge in [-0.3, -0.25) is 14.3 Å². The first-order valence-electron chi connectivity index (χ1n) is 11.0. The number of rotatable bonds is 7. The first-order valence-corrected chi connectivity index (χ1v) is 11.0. The van der Waals surface area contributed by atoms with Crippen LogP contribution in [0.1, 0.15) is 27.5 Å². The maximum atomic E-state index is 13.1. The lowest BCUT2D eigenvalue weighted by Crippen LogP contribution is -2.32. The fourth-order valence-electron chi connectivity index (χ4n) is 3.96. The number of carbonyl (C=O) groups excluding carboxylic acids is 2. The van der Waals surface area contributed by atoms with E-state index >= 15 is 0 Å². The van der Waals surface area contributed by atoms with Crippen molar-refractivity contribution in [1.29, 1.82) is 0 Å². The molecule has 0 spiro atoms. The Labute approximate surface area is 196 Å². The van der Waals surface area contributed by atoms with Gasteiger partial charge in [0.2, 0.25) is 0 Å². The van der Waals surface area contributed by atoms with Gasteiger partial charge in [-0.25, -0.2) is 4.98 Å². The number of para-hydroxylation sites is 1. The molecule has 0 bridgehead atoms. The van der Waals surface area contributed by atoms with Gasteiger partial charge in [0, 0.05) is 17.7 Å². The molecule has 2 amide bonds. The minimum absolute atomic E-state index is 0.248. The fraction of sp³-hybridized carbons (Fsp3) is 0.154. The highest BCUT2D eigenvalue weighted by Gasteiger charge is 2.29. The van der Waals surface area contributed by atoms with Gasteiger partial charge in [-0.15, -0.1) is 0 Å². The zero-order valence-electron chi connectivity index (χ0n) is 18.3. The number of anilines is 1. The molecular weight excluding hydrogens is 430 g/mol. The molecule has 0 saturated carbocycles. The Balaban J connectivity index is 1.27. The number of fused-ring (bicyclic) bond motifs is 1. The van der Waals surface area contributed by atoms with E-state index in [1.54, 1.807) is 35.3 Å². The van der Waals surface area contributed by atoms with Crippen LogP contribution in [0, 0.1) is 0 Å². The quantitative estimate of drug-likeness (QED) is 0.447. The van der Waals surface area contributed by atoms with Crippen LogP contribution in [-0.4, -0.2) is 32.7 Å². The van der Waals surface area contributed by atoms with Crippen molar-refractivity contribution in [2.45, 2.75) is 25.1 Å². The fourth-order valence-corrected chi connectivity index (χ4v) is 3.96. The molecule has 2 heterocycles. The lowest BCUT2D eigenvalue weighted by Gasteiger charge is -2.19. The Kier molecular flexibility index (Phi) is 6.03. The molecule has 170 valence electrons. The van der Waals surface area contributed by atoms with E-state index in [2.05, 4.69) is 20.7 Å². The van der Waals surface area contributed by atoms with Crippen LogP contribution in [0.15, 0.2) is 91.5 Å². The summed E-state index contributed by atoms with van der Waals surface area (Å²) in [7, 11) is 0. The van der Waals surface area contributed by atoms with Crippen LogP contribution < -0.4 is 15.4 Å². The van der Waals surface area contributed by atoms with Crippen LogP contribution in [-0.2, 0) is 17.8 Å². The number of aromatic nitrogens is 3. The number of hydrogen-bond donors (Lipinski definition) is 2. The SMILES string of the molecule is O=C(NC(Cn1cncn1)c1ccccc1)c1cccc(NC(=O)C2Cc3ccccc3O2)c1. The summed E-state index contributed by atoms with van der Waals surface area (Å²) in [4.78, 5) is 29.8. The summed E-state index contributed by atoms with van der Waals surface area (Å²) in [6, 6.07) is 23.9. The molecule has 5 rings (SSSR count). The lowest BCUT2D eigenvalue weighted by molar-refractivity contribution is -0.122. The molecule has 3 aromatic carbocycles. The highest BCUT2D eigenvalue weighted by atomic mass is 16.5. The molecule has 1 aromatic heterocycles. The number of ether oxygens (including phenoxy) is 1. The largest absolute Gasteiger partial charge is 0.480 e. The van der Waals surface area contributed by atoms with Crippen LogP contribution in [0.2, 0.25) is 0 Å². The third-order valence-electron chi connectivity index (χ3n) is 5.68. The Bertz CT molecular complexity index is 1270. The number of amides is 2. The second-order valence-corrected chi connectivity index (χ2v) is 8.04. The van der Waals surface area contributed by atoms with Crippen LogP contribution >= 0.6 is 0 Å². The van der Waals surface area contributed by atoms with Crippen molar-refractivity contribution < 1.29 is 14.3 Å². The third-order valence-corrected chi connectivity index (χ3v) is 5.68. The van der Waals surface area contributed by atoms with Gasteiger partial charge in [0.05, 0.1) is 12.6 Å². The molecule has 8 heteroatoms. The van der Waals surface area contributed by atoms with E-state index < -0.39 is 6.10 Å². The smallest absolute Gasteiger partial charge is 0.265 e. The summed E-state index contributed by atoms with van der Waals surface area (Å²) in [6.45, 7) is 0.436. The zero-order chi connectivity index (χ0) is 23.3. The molecule has 8 nitrogen and oxygen atoms in total. The number of hydrogen-bond acceptors (Lipinski definition) is 5. The molecular formula is C26H23N5O3. The minimum Gasteiger partial charge on any atom is -0.480 e. The number of nitrogens with one attached hydrogen (secondary N) is 2. The van der Waals surface area contributed by atoms with E-state index in [4.69, 9.17) is 4.74 Å². The molecule has 2 unspecified atom stereocenters. The van der Waals surface area contributed by atoms with Gasteiger partial charge < -0.3 is 15.4 Å². The van der Waals surface area contributed by atoms with E-state index in [9.17, 15) is 9.59 Å². The average molecular weight is 454 g/mol. The number of carbonyl (C=O) groups is 2. The first kappa shape index (κ1) is 21.4. The number of benzene rings is 3. The van der Waals surface area contributed by atoms with Gasteiger partial charge in [-0.1, -0.05) is 54.6 Å². The minimum atomic E-state index is -0.597. The maximum Gasteiger partial charge on any atom is 0.265 e. The van der Waals surface area contributed by atoms with Gasteiger partial charge >= 0.3 is 0 Å². The van der Waals surface area contributed by atoms with Gasteiger partial charge in [0.25, 0.3) is 11.8 Å². The monoisotopic (exact) mass is 453 g/mol. The normalized spacial score (nSPS) is 15.1. The first-order chi connectivity index (χ1) is 16.7.